The molecule has 0 saturated heterocycles. The van der Waals surface area contributed by atoms with Crippen LogP contribution in [0.5, 0.6) is 5.75 Å². The third-order valence-electron chi connectivity index (χ3n) is 6.43. The van der Waals surface area contributed by atoms with Crippen LogP contribution < -0.4 is 15.4 Å². The van der Waals surface area contributed by atoms with E-state index in [0.29, 0.717) is 10.4 Å². The zero-order valence-corrected chi connectivity index (χ0v) is 24.8. The Bertz CT molecular complexity index is 1980. The molecule has 0 bridgehead atoms. The summed E-state index contributed by atoms with van der Waals surface area (Å²) in [6.07, 6.45) is -8.39. The molecule has 250 valence electrons. The number of halogens is 8. The summed E-state index contributed by atoms with van der Waals surface area (Å²) in [5, 5.41) is 18.9. The number of nitrogens with one attached hydrogen (secondary N) is 2. The van der Waals surface area contributed by atoms with Crippen LogP contribution in [0.2, 0.25) is 5.02 Å². The van der Waals surface area contributed by atoms with Crippen molar-refractivity contribution in [2.45, 2.75) is 32.6 Å². The minimum atomic E-state index is -4.88. The molecular weight excluding hydrogens is 679 g/mol. The highest BCUT2D eigenvalue weighted by atomic mass is 35.5. The van der Waals surface area contributed by atoms with Gasteiger partial charge in [-0.2, -0.15) is 23.1 Å². The van der Waals surface area contributed by atoms with Crippen molar-refractivity contribution in [3.05, 3.63) is 106 Å². The Labute approximate surface area is 269 Å². The van der Waals surface area contributed by atoms with Crippen LogP contribution in [0.3, 0.4) is 0 Å². The Morgan fingerprint density at radius 1 is 0.979 bits per heavy atom. The molecule has 5 rings (SSSR count). The summed E-state index contributed by atoms with van der Waals surface area (Å²) in [4.78, 5) is 31.6. The van der Waals surface area contributed by atoms with E-state index >= 15 is 0 Å². The fourth-order valence-electron chi connectivity index (χ4n) is 4.23. The Hall–Kier alpha value is -5.59. The van der Waals surface area contributed by atoms with E-state index < -0.39 is 48.3 Å². The molecule has 0 radical (unpaired) electrons. The van der Waals surface area contributed by atoms with Crippen molar-refractivity contribution in [3.63, 3.8) is 0 Å². The van der Waals surface area contributed by atoms with Gasteiger partial charge in [-0.1, -0.05) is 23.7 Å². The maximum Gasteiger partial charge on any atom is 0.573 e. The lowest BCUT2D eigenvalue weighted by Gasteiger charge is -2.15. The smallest absolute Gasteiger partial charge is 0.406 e. The van der Waals surface area contributed by atoms with E-state index in [0.717, 1.165) is 28.9 Å². The van der Waals surface area contributed by atoms with Gasteiger partial charge in [0.05, 0.1) is 22.0 Å². The van der Waals surface area contributed by atoms with Crippen LogP contribution in [-0.2, 0) is 19.3 Å². The number of nitrogens with zero attached hydrogens (tertiary/aromatic N) is 7. The Kier molecular flexibility index (Phi) is 9.33. The third kappa shape index (κ3) is 7.85. The highest BCUT2D eigenvalue weighted by molar-refractivity contribution is 6.32. The highest BCUT2D eigenvalue weighted by Crippen LogP contribution is 2.28. The van der Waals surface area contributed by atoms with Crippen LogP contribution in [0.25, 0.3) is 5.82 Å². The van der Waals surface area contributed by atoms with Gasteiger partial charge >= 0.3 is 12.5 Å². The summed E-state index contributed by atoms with van der Waals surface area (Å²) in [6.45, 7) is 0.681. The van der Waals surface area contributed by atoms with Crippen molar-refractivity contribution in [1.82, 2.24) is 40.3 Å². The molecule has 20 heteroatoms. The average Bonchev–Trinajstić information content (AvgIpc) is 3.66. The summed E-state index contributed by atoms with van der Waals surface area (Å²) >= 11 is 6.27. The minimum Gasteiger partial charge on any atom is -0.406 e. The number of rotatable bonds is 9. The zero-order valence-electron chi connectivity index (χ0n) is 24.1. The van der Waals surface area contributed by atoms with Crippen molar-refractivity contribution in [1.29, 1.82) is 0 Å². The van der Waals surface area contributed by atoms with Gasteiger partial charge in [0.2, 0.25) is 0 Å². The number of carbonyl (C=O) groups is 2. The minimum absolute atomic E-state index is 0.0198. The van der Waals surface area contributed by atoms with Gasteiger partial charge in [0.15, 0.2) is 5.82 Å². The SMILES string of the molecule is Cc1c(F)ccc(C(=O)NCc2ccc(OC(F)(F)F)cc2)c1NC(=O)c1cc(Cn2nnc(C(F)(F)F)n2)nn1-c1ncccc1Cl. The molecule has 48 heavy (non-hydrogen) atoms. The molecule has 0 fully saturated rings. The third-order valence-corrected chi connectivity index (χ3v) is 6.73. The molecule has 2 amide bonds. The van der Waals surface area contributed by atoms with E-state index in [9.17, 15) is 40.3 Å². The standard InChI is InChI=1S/C28H19ClF7N9O3/c1-14-20(30)9-8-18(24(46)38-12-15-4-6-17(7-5-15)48-28(34,35)36)22(14)39-25(47)21-11-16(13-44-42-26(40-43-44)27(31,32)33)41-45(21)23-19(29)3-2-10-37-23/h2-11H,12-13H2,1H3,(H,38,46)(H,39,47). The molecule has 0 atom stereocenters. The average molecular weight is 698 g/mol. The molecular formula is C28H19ClF7N9O3. The molecule has 2 aromatic carbocycles. The lowest BCUT2D eigenvalue weighted by molar-refractivity contribution is -0.274. The van der Waals surface area contributed by atoms with E-state index in [-0.39, 0.29) is 45.6 Å². The predicted octanol–water partition coefficient (Wildman–Crippen LogP) is 5.50. The van der Waals surface area contributed by atoms with Crippen LogP contribution in [0.1, 0.15) is 43.5 Å². The molecule has 0 unspecified atom stereocenters. The number of tetrazole rings is 1. The summed E-state index contributed by atoms with van der Waals surface area (Å²) in [6, 6.07) is 10.9. The molecule has 0 saturated carbocycles. The van der Waals surface area contributed by atoms with Crippen molar-refractivity contribution < 1.29 is 45.1 Å². The predicted molar refractivity (Wildman–Crippen MR) is 152 cm³/mol. The maximum absolute atomic E-state index is 14.7. The molecule has 0 aliphatic carbocycles. The Morgan fingerprint density at radius 3 is 2.35 bits per heavy atom. The van der Waals surface area contributed by atoms with Crippen LogP contribution in [0, 0.1) is 12.7 Å². The van der Waals surface area contributed by atoms with E-state index in [4.69, 9.17) is 11.6 Å². The summed E-state index contributed by atoms with van der Waals surface area (Å²) in [5.74, 6) is -4.49. The number of alkyl halides is 6. The van der Waals surface area contributed by atoms with E-state index in [1.54, 1.807) is 0 Å². The fraction of sp³-hybridized carbons (Fsp3) is 0.179. The van der Waals surface area contributed by atoms with E-state index in [2.05, 4.69) is 40.9 Å². The quantitative estimate of drug-likeness (QED) is 0.192. The van der Waals surface area contributed by atoms with E-state index in [1.807, 2.05) is 0 Å². The van der Waals surface area contributed by atoms with Crippen molar-refractivity contribution in [2.24, 2.45) is 0 Å². The number of hydrogen-bond donors (Lipinski definition) is 2. The molecule has 0 aliphatic rings. The summed E-state index contributed by atoms with van der Waals surface area (Å²) in [5.41, 5.74) is -0.423. The molecule has 5 aromatic rings. The van der Waals surface area contributed by atoms with Gasteiger partial charge in [0.1, 0.15) is 23.8 Å². The summed E-state index contributed by atoms with van der Waals surface area (Å²) in [7, 11) is 0. The van der Waals surface area contributed by atoms with Crippen LogP contribution in [-0.4, -0.2) is 53.1 Å². The van der Waals surface area contributed by atoms with Gasteiger partial charge in [-0.05, 0) is 60.2 Å². The van der Waals surface area contributed by atoms with Gasteiger partial charge in [-0.3, -0.25) is 9.59 Å². The van der Waals surface area contributed by atoms with Crippen LogP contribution in [0.15, 0.2) is 60.8 Å². The number of benzene rings is 2. The van der Waals surface area contributed by atoms with Gasteiger partial charge < -0.3 is 15.4 Å². The van der Waals surface area contributed by atoms with Gasteiger partial charge in [0.25, 0.3) is 17.6 Å². The highest BCUT2D eigenvalue weighted by Gasteiger charge is 2.37. The molecule has 0 aliphatic heterocycles. The summed E-state index contributed by atoms with van der Waals surface area (Å²) < 4.78 is 95.7. The number of hydrogen-bond acceptors (Lipinski definition) is 8. The molecule has 12 nitrogen and oxygen atoms in total. The van der Waals surface area contributed by atoms with Crippen LogP contribution in [0.4, 0.5) is 36.4 Å². The second-order valence-electron chi connectivity index (χ2n) is 9.81. The molecule has 2 N–H and O–H groups in total. The molecule has 0 spiro atoms. The first-order valence-corrected chi connectivity index (χ1v) is 13.7. The van der Waals surface area contributed by atoms with Crippen LogP contribution >= 0.6 is 11.6 Å². The Balaban J connectivity index is 1.41. The largest absolute Gasteiger partial charge is 0.573 e. The topological polar surface area (TPSA) is 142 Å². The number of carbonyl (C=O) groups excluding carboxylic acids is 2. The van der Waals surface area contributed by atoms with Crippen molar-refractivity contribution >= 4 is 29.1 Å². The fourth-order valence-corrected chi connectivity index (χ4v) is 4.43. The normalized spacial score (nSPS) is 11.8. The first-order chi connectivity index (χ1) is 22.6. The van der Waals surface area contributed by atoms with Gasteiger partial charge in [0, 0.05) is 18.3 Å². The number of amides is 2. The monoisotopic (exact) mass is 697 g/mol. The van der Waals surface area contributed by atoms with Gasteiger partial charge in [-0.25, -0.2) is 14.1 Å². The van der Waals surface area contributed by atoms with E-state index in [1.165, 1.54) is 43.5 Å². The second kappa shape index (κ2) is 13.3. The lowest BCUT2D eigenvalue weighted by atomic mass is 10.1. The number of aromatic nitrogens is 7. The first-order valence-electron chi connectivity index (χ1n) is 13.4. The second-order valence-corrected chi connectivity index (χ2v) is 10.2. The molecule has 3 aromatic heterocycles. The van der Waals surface area contributed by atoms with Crippen molar-refractivity contribution in [2.75, 3.05) is 5.32 Å². The zero-order chi connectivity index (χ0) is 34.8. The Morgan fingerprint density at radius 2 is 1.71 bits per heavy atom. The van der Waals surface area contributed by atoms with Crippen molar-refractivity contribution in [3.8, 4) is 11.6 Å². The number of ether oxygens (including phenoxy) is 1. The number of pyridine rings is 1. The maximum atomic E-state index is 14.7. The van der Waals surface area contributed by atoms with Gasteiger partial charge in [-0.15, -0.1) is 23.4 Å². The molecule has 3 heterocycles. The lowest BCUT2D eigenvalue weighted by Crippen LogP contribution is -2.26. The number of anilines is 1. The first kappa shape index (κ1) is 33.8.